The Morgan fingerprint density at radius 3 is 2.95 bits per heavy atom. The van der Waals surface area contributed by atoms with Crippen LogP contribution < -0.4 is 11.1 Å². The van der Waals surface area contributed by atoms with Crippen molar-refractivity contribution in [1.82, 2.24) is 14.8 Å². The lowest BCUT2D eigenvalue weighted by atomic mass is 10.1. The van der Waals surface area contributed by atoms with Crippen LogP contribution in [0.1, 0.15) is 26.2 Å². The maximum absolute atomic E-state index is 11.9. The predicted molar refractivity (Wildman–Crippen MR) is 82.6 cm³/mol. The van der Waals surface area contributed by atoms with Crippen LogP contribution >= 0.6 is 0 Å². The molecule has 2 rings (SSSR count). The van der Waals surface area contributed by atoms with Gasteiger partial charge >= 0.3 is 0 Å². The number of nitrogens with one attached hydrogen (secondary N) is 1. The van der Waals surface area contributed by atoms with E-state index in [9.17, 15) is 4.79 Å². The Kier molecular flexibility index (Phi) is 5.05. The van der Waals surface area contributed by atoms with E-state index in [-0.39, 0.29) is 11.9 Å². The van der Waals surface area contributed by atoms with E-state index in [2.05, 4.69) is 15.5 Å². The Labute approximate surface area is 124 Å². The van der Waals surface area contributed by atoms with Gasteiger partial charge in [0.15, 0.2) is 5.82 Å². The number of amides is 1. The highest BCUT2D eigenvalue weighted by Crippen LogP contribution is 2.20. The summed E-state index contributed by atoms with van der Waals surface area (Å²) in [5.74, 6) is 0.772. The van der Waals surface area contributed by atoms with Crippen LogP contribution in [0, 0.1) is 0 Å². The van der Waals surface area contributed by atoms with Crippen LogP contribution in [0.4, 0.5) is 5.69 Å². The molecule has 0 saturated carbocycles. The Hall–Kier alpha value is -2.21. The quantitative estimate of drug-likeness (QED) is 0.850. The van der Waals surface area contributed by atoms with Crippen LogP contribution in [0.25, 0.3) is 11.4 Å². The molecule has 3 N–H and O–H groups in total. The fourth-order valence-corrected chi connectivity index (χ4v) is 2.09. The van der Waals surface area contributed by atoms with Crippen molar-refractivity contribution in [2.45, 2.75) is 32.2 Å². The molecule has 1 atom stereocenters. The Balaban J connectivity index is 1.98. The van der Waals surface area contributed by atoms with Crippen molar-refractivity contribution in [2.75, 3.05) is 5.32 Å². The van der Waals surface area contributed by atoms with Crippen molar-refractivity contribution < 1.29 is 4.79 Å². The zero-order chi connectivity index (χ0) is 15.2. The third kappa shape index (κ3) is 4.39. The number of hydrogen-bond donors (Lipinski definition) is 2. The molecule has 1 unspecified atom stereocenters. The topological polar surface area (TPSA) is 85.8 Å². The van der Waals surface area contributed by atoms with Gasteiger partial charge in [0, 0.05) is 30.8 Å². The predicted octanol–water partition coefficient (Wildman–Crippen LogP) is 1.94. The van der Waals surface area contributed by atoms with Crippen molar-refractivity contribution >= 4 is 11.6 Å². The molecule has 0 radical (unpaired) electrons. The van der Waals surface area contributed by atoms with E-state index in [0.29, 0.717) is 6.42 Å². The van der Waals surface area contributed by atoms with Crippen molar-refractivity contribution in [3.8, 4) is 11.4 Å². The van der Waals surface area contributed by atoms with Gasteiger partial charge in [0.2, 0.25) is 5.91 Å². The lowest BCUT2D eigenvalue weighted by molar-refractivity contribution is -0.116. The van der Waals surface area contributed by atoms with Gasteiger partial charge in [-0.1, -0.05) is 12.1 Å². The number of hydrogen-bond acceptors (Lipinski definition) is 4. The largest absolute Gasteiger partial charge is 0.328 e. The average molecular weight is 287 g/mol. The first-order chi connectivity index (χ1) is 10.1. The van der Waals surface area contributed by atoms with Crippen LogP contribution in [0.3, 0.4) is 0 Å². The van der Waals surface area contributed by atoms with Crippen molar-refractivity contribution in [2.24, 2.45) is 12.8 Å². The van der Waals surface area contributed by atoms with Crippen LogP contribution in [-0.4, -0.2) is 26.7 Å². The van der Waals surface area contributed by atoms with Crippen molar-refractivity contribution in [3.05, 3.63) is 30.6 Å². The summed E-state index contributed by atoms with van der Waals surface area (Å²) in [6.07, 6.45) is 3.78. The first-order valence-corrected chi connectivity index (χ1v) is 7.06. The molecular weight excluding hydrogens is 266 g/mol. The van der Waals surface area contributed by atoms with Gasteiger partial charge in [0.1, 0.15) is 6.33 Å². The summed E-state index contributed by atoms with van der Waals surface area (Å²) in [6.45, 7) is 1.95. The van der Waals surface area contributed by atoms with Gasteiger partial charge in [-0.2, -0.15) is 0 Å². The number of aromatic nitrogens is 3. The molecule has 6 nitrogen and oxygen atoms in total. The van der Waals surface area contributed by atoms with Gasteiger partial charge in [0.25, 0.3) is 0 Å². The molecular formula is C15H21N5O. The summed E-state index contributed by atoms with van der Waals surface area (Å²) in [6, 6.07) is 7.73. The molecule has 1 aromatic heterocycles. The van der Waals surface area contributed by atoms with Crippen molar-refractivity contribution in [3.63, 3.8) is 0 Å². The number of anilines is 1. The van der Waals surface area contributed by atoms with E-state index in [4.69, 9.17) is 5.73 Å². The smallest absolute Gasteiger partial charge is 0.224 e. The van der Waals surface area contributed by atoms with Crippen molar-refractivity contribution in [1.29, 1.82) is 0 Å². The SMILES string of the molecule is CC(N)CCCC(=O)Nc1cccc(-c2nncn2C)c1. The summed E-state index contributed by atoms with van der Waals surface area (Å²) in [5, 5.41) is 10.8. The molecule has 1 heterocycles. The lowest BCUT2D eigenvalue weighted by Crippen LogP contribution is -2.16. The Bertz CT molecular complexity index is 606. The summed E-state index contributed by atoms with van der Waals surface area (Å²) < 4.78 is 1.84. The number of carbonyl (C=O) groups is 1. The Morgan fingerprint density at radius 2 is 2.29 bits per heavy atom. The molecule has 2 aromatic rings. The van der Waals surface area contributed by atoms with E-state index in [0.717, 1.165) is 29.9 Å². The summed E-state index contributed by atoms with van der Waals surface area (Å²) in [5.41, 5.74) is 7.36. The van der Waals surface area contributed by atoms with E-state index in [1.807, 2.05) is 42.8 Å². The summed E-state index contributed by atoms with van der Waals surface area (Å²) in [7, 11) is 1.88. The summed E-state index contributed by atoms with van der Waals surface area (Å²) in [4.78, 5) is 11.9. The second kappa shape index (κ2) is 6.99. The van der Waals surface area contributed by atoms with Crippen LogP contribution in [-0.2, 0) is 11.8 Å². The maximum atomic E-state index is 11.9. The highest BCUT2D eigenvalue weighted by atomic mass is 16.1. The van der Waals surface area contributed by atoms with Gasteiger partial charge in [0.05, 0.1) is 0 Å². The molecule has 1 aromatic carbocycles. The van der Waals surface area contributed by atoms with Gasteiger partial charge < -0.3 is 15.6 Å². The van der Waals surface area contributed by atoms with Crippen LogP contribution in [0.2, 0.25) is 0 Å². The van der Waals surface area contributed by atoms with Crippen LogP contribution in [0.5, 0.6) is 0 Å². The van der Waals surface area contributed by atoms with Crippen LogP contribution in [0.15, 0.2) is 30.6 Å². The Morgan fingerprint density at radius 1 is 1.48 bits per heavy atom. The van der Waals surface area contributed by atoms with E-state index in [1.165, 1.54) is 0 Å². The highest BCUT2D eigenvalue weighted by Gasteiger charge is 2.07. The van der Waals surface area contributed by atoms with E-state index >= 15 is 0 Å². The molecule has 21 heavy (non-hydrogen) atoms. The van der Waals surface area contributed by atoms with Gasteiger partial charge in [-0.3, -0.25) is 4.79 Å². The second-order valence-electron chi connectivity index (χ2n) is 5.26. The number of rotatable bonds is 6. The minimum atomic E-state index is 0.00534. The second-order valence-corrected chi connectivity index (χ2v) is 5.26. The maximum Gasteiger partial charge on any atom is 0.224 e. The molecule has 0 aliphatic rings. The number of carbonyl (C=O) groups excluding carboxylic acids is 1. The molecule has 0 bridgehead atoms. The number of nitrogens with two attached hydrogens (primary N) is 1. The zero-order valence-corrected chi connectivity index (χ0v) is 12.4. The third-order valence-electron chi connectivity index (χ3n) is 3.18. The standard InChI is InChI=1S/C15H21N5O/c1-11(16)5-3-8-14(21)18-13-7-4-6-12(9-13)15-19-17-10-20(15)2/h4,6-7,9-11H,3,5,8,16H2,1-2H3,(H,18,21). The van der Waals surface area contributed by atoms with Gasteiger partial charge in [-0.25, -0.2) is 0 Å². The molecule has 112 valence electrons. The molecule has 6 heteroatoms. The van der Waals surface area contributed by atoms with Gasteiger partial charge in [-0.05, 0) is 31.9 Å². The third-order valence-corrected chi connectivity index (χ3v) is 3.18. The number of benzene rings is 1. The lowest BCUT2D eigenvalue weighted by Gasteiger charge is -2.08. The molecule has 0 fully saturated rings. The number of aryl methyl sites for hydroxylation is 1. The molecule has 0 spiro atoms. The normalized spacial score (nSPS) is 12.1. The molecule has 0 saturated heterocycles. The monoisotopic (exact) mass is 287 g/mol. The molecule has 1 amide bonds. The van der Waals surface area contributed by atoms with E-state index in [1.54, 1.807) is 6.33 Å². The highest BCUT2D eigenvalue weighted by molar-refractivity contribution is 5.91. The first kappa shape index (κ1) is 15.2. The fraction of sp³-hybridized carbons (Fsp3) is 0.400. The molecule has 0 aliphatic carbocycles. The first-order valence-electron chi connectivity index (χ1n) is 7.06. The minimum Gasteiger partial charge on any atom is -0.328 e. The van der Waals surface area contributed by atoms with E-state index < -0.39 is 0 Å². The summed E-state index contributed by atoms with van der Waals surface area (Å²) >= 11 is 0. The molecule has 0 aliphatic heterocycles. The zero-order valence-electron chi connectivity index (χ0n) is 12.4. The minimum absolute atomic E-state index is 0.00534. The average Bonchev–Trinajstić information content (AvgIpc) is 2.85. The number of nitrogens with zero attached hydrogens (tertiary/aromatic N) is 3. The van der Waals surface area contributed by atoms with Gasteiger partial charge in [-0.15, -0.1) is 10.2 Å². The fourth-order valence-electron chi connectivity index (χ4n) is 2.09.